The van der Waals surface area contributed by atoms with Gasteiger partial charge in [0.1, 0.15) is 6.23 Å². The third-order valence-electron chi connectivity index (χ3n) is 7.03. The molecule has 9 heteroatoms. The van der Waals surface area contributed by atoms with E-state index in [4.69, 9.17) is 4.74 Å². The number of nitrogens with zero attached hydrogens (tertiary/aromatic N) is 1. The molecule has 2 heterocycles. The van der Waals surface area contributed by atoms with Crippen molar-refractivity contribution in [1.29, 1.82) is 0 Å². The molecule has 3 unspecified atom stereocenters. The number of sulfonamides is 1. The molecule has 0 radical (unpaired) electrons. The minimum atomic E-state index is -3.74. The molecule has 2 N–H and O–H groups in total. The minimum Gasteiger partial charge on any atom is -0.354 e. The minimum absolute atomic E-state index is 0.0648. The number of fused-ring (bicyclic) bond motifs is 1. The fraction of sp³-hybridized carbons (Fsp3) is 0.429. The normalized spacial score (nSPS) is 22.2. The number of benzene rings is 2. The van der Waals surface area contributed by atoms with Crippen molar-refractivity contribution in [2.75, 3.05) is 13.1 Å². The van der Waals surface area contributed by atoms with E-state index in [2.05, 4.69) is 50.1 Å². The van der Waals surface area contributed by atoms with Crippen molar-refractivity contribution >= 4 is 21.8 Å². The molecule has 198 valence electrons. The lowest BCUT2D eigenvalue weighted by Gasteiger charge is -2.33. The molecular formula is C28H35N3O5S. The van der Waals surface area contributed by atoms with E-state index in [1.165, 1.54) is 40.2 Å². The van der Waals surface area contributed by atoms with Gasteiger partial charge in [0, 0.05) is 25.2 Å². The van der Waals surface area contributed by atoms with Crippen molar-refractivity contribution in [3.8, 4) is 0 Å². The van der Waals surface area contributed by atoms with E-state index in [-0.39, 0.29) is 40.7 Å². The highest BCUT2D eigenvalue weighted by atomic mass is 32.2. The molecule has 3 atom stereocenters. The fourth-order valence-electron chi connectivity index (χ4n) is 4.77. The average molecular weight is 526 g/mol. The SMILES string of the molecule is C=CC(=O)NC1CC2CCN(S(=O)(=O)c3ccc(C(=O)NCc4ccc(C(C)(C)C)cc4)cc3)CC2O1. The molecule has 2 aliphatic heterocycles. The van der Waals surface area contributed by atoms with Crippen molar-refractivity contribution in [3.05, 3.63) is 77.9 Å². The molecule has 2 aliphatic rings. The zero-order valence-corrected chi connectivity index (χ0v) is 22.4. The summed E-state index contributed by atoms with van der Waals surface area (Å²) in [4.78, 5) is 24.3. The molecule has 0 bridgehead atoms. The van der Waals surface area contributed by atoms with Crippen LogP contribution in [0.4, 0.5) is 0 Å². The highest BCUT2D eigenvalue weighted by Crippen LogP contribution is 2.34. The van der Waals surface area contributed by atoms with Gasteiger partial charge in [0.25, 0.3) is 5.91 Å². The van der Waals surface area contributed by atoms with Crippen LogP contribution >= 0.6 is 0 Å². The van der Waals surface area contributed by atoms with Crippen molar-refractivity contribution < 1.29 is 22.7 Å². The Morgan fingerprint density at radius 3 is 2.41 bits per heavy atom. The Morgan fingerprint density at radius 2 is 1.78 bits per heavy atom. The number of hydrogen-bond acceptors (Lipinski definition) is 5. The second-order valence-corrected chi connectivity index (χ2v) is 12.6. The summed E-state index contributed by atoms with van der Waals surface area (Å²) in [6.07, 6.45) is 1.79. The van der Waals surface area contributed by atoms with Gasteiger partial charge < -0.3 is 15.4 Å². The smallest absolute Gasteiger partial charge is 0.251 e. The van der Waals surface area contributed by atoms with E-state index in [0.717, 1.165) is 5.56 Å². The van der Waals surface area contributed by atoms with Crippen molar-refractivity contribution in [1.82, 2.24) is 14.9 Å². The maximum atomic E-state index is 13.3. The van der Waals surface area contributed by atoms with Crippen molar-refractivity contribution in [2.45, 2.75) is 62.8 Å². The van der Waals surface area contributed by atoms with Gasteiger partial charge in [0.15, 0.2) is 0 Å². The second kappa shape index (κ2) is 10.8. The van der Waals surface area contributed by atoms with Gasteiger partial charge >= 0.3 is 0 Å². The first-order valence-corrected chi connectivity index (χ1v) is 14.0. The molecule has 2 aromatic carbocycles. The van der Waals surface area contributed by atoms with E-state index in [1.54, 1.807) is 0 Å². The lowest BCUT2D eigenvalue weighted by atomic mass is 9.87. The van der Waals surface area contributed by atoms with E-state index >= 15 is 0 Å². The number of amides is 2. The summed E-state index contributed by atoms with van der Waals surface area (Å²) in [5.41, 5.74) is 2.67. The third kappa shape index (κ3) is 6.29. The topological polar surface area (TPSA) is 105 Å². The van der Waals surface area contributed by atoms with Crippen LogP contribution in [-0.2, 0) is 31.5 Å². The average Bonchev–Trinajstić information content (AvgIpc) is 3.28. The summed E-state index contributed by atoms with van der Waals surface area (Å²) in [6.45, 7) is 10.9. The van der Waals surface area contributed by atoms with E-state index in [9.17, 15) is 18.0 Å². The largest absolute Gasteiger partial charge is 0.354 e. The van der Waals surface area contributed by atoms with E-state index in [1.807, 2.05) is 12.1 Å². The molecule has 37 heavy (non-hydrogen) atoms. The van der Waals surface area contributed by atoms with Crippen LogP contribution in [0.5, 0.6) is 0 Å². The Bertz CT molecular complexity index is 1250. The highest BCUT2D eigenvalue weighted by molar-refractivity contribution is 7.89. The lowest BCUT2D eigenvalue weighted by Crippen LogP contribution is -2.45. The van der Waals surface area contributed by atoms with Crippen molar-refractivity contribution in [2.24, 2.45) is 5.92 Å². The first kappa shape index (κ1) is 27.0. The molecule has 0 aliphatic carbocycles. The first-order valence-electron chi connectivity index (χ1n) is 12.5. The summed E-state index contributed by atoms with van der Waals surface area (Å²) in [5, 5.41) is 5.62. The van der Waals surface area contributed by atoms with Gasteiger partial charge in [-0.1, -0.05) is 51.6 Å². The summed E-state index contributed by atoms with van der Waals surface area (Å²) in [6, 6.07) is 14.1. The molecule has 0 spiro atoms. The lowest BCUT2D eigenvalue weighted by molar-refractivity contribution is -0.120. The Hall–Kier alpha value is -3.01. The molecule has 2 amide bonds. The fourth-order valence-corrected chi connectivity index (χ4v) is 6.23. The molecule has 0 aromatic heterocycles. The van der Waals surface area contributed by atoms with Crippen LogP contribution in [0.25, 0.3) is 0 Å². The van der Waals surface area contributed by atoms with E-state index in [0.29, 0.717) is 31.5 Å². The number of ether oxygens (including phenoxy) is 1. The molecular weight excluding hydrogens is 490 g/mol. The highest BCUT2D eigenvalue weighted by Gasteiger charge is 2.42. The maximum absolute atomic E-state index is 13.3. The van der Waals surface area contributed by atoms with Crippen LogP contribution in [0.1, 0.15) is 55.1 Å². The Balaban J connectivity index is 1.34. The van der Waals surface area contributed by atoms with Gasteiger partial charge in [0.2, 0.25) is 15.9 Å². The summed E-state index contributed by atoms with van der Waals surface area (Å²) >= 11 is 0. The van der Waals surface area contributed by atoms with Gasteiger partial charge in [0.05, 0.1) is 11.0 Å². The van der Waals surface area contributed by atoms with Crippen molar-refractivity contribution in [3.63, 3.8) is 0 Å². The molecule has 8 nitrogen and oxygen atoms in total. The van der Waals surface area contributed by atoms with Crippen LogP contribution < -0.4 is 10.6 Å². The van der Waals surface area contributed by atoms with Gasteiger partial charge in [-0.15, -0.1) is 0 Å². The molecule has 0 saturated carbocycles. The van der Waals surface area contributed by atoms with Crippen LogP contribution in [0.15, 0.2) is 66.1 Å². The number of rotatable bonds is 7. The molecule has 2 fully saturated rings. The van der Waals surface area contributed by atoms with Crippen LogP contribution in [0.3, 0.4) is 0 Å². The van der Waals surface area contributed by atoms with Crippen LogP contribution in [0.2, 0.25) is 0 Å². The predicted octanol–water partition coefficient (Wildman–Crippen LogP) is 3.34. The van der Waals surface area contributed by atoms with Crippen LogP contribution in [0, 0.1) is 5.92 Å². The van der Waals surface area contributed by atoms with Gasteiger partial charge in [-0.25, -0.2) is 8.42 Å². The molecule has 2 saturated heterocycles. The Morgan fingerprint density at radius 1 is 1.11 bits per heavy atom. The van der Waals surface area contributed by atoms with Gasteiger partial charge in [-0.3, -0.25) is 9.59 Å². The van der Waals surface area contributed by atoms with E-state index < -0.39 is 16.3 Å². The van der Waals surface area contributed by atoms with Crippen LogP contribution in [-0.4, -0.2) is 50.0 Å². The first-order chi connectivity index (χ1) is 17.5. The van der Waals surface area contributed by atoms with Gasteiger partial charge in [-0.05, 0) is 65.6 Å². The number of carbonyl (C=O) groups excluding carboxylic acids is 2. The predicted molar refractivity (Wildman–Crippen MR) is 141 cm³/mol. The summed E-state index contributed by atoms with van der Waals surface area (Å²) in [5.74, 6) is -0.385. The third-order valence-corrected chi connectivity index (χ3v) is 8.91. The number of hydrogen-bond donors (Lipinski definition) is 2. The molecule has 4 rings (SSSR count). The maximum Gasteiger partial charge on any atom is 0.251 e. The Labute approximate surface area is 219 Å². The number of piperidine rings is 1. The number of carbonyl (C=O) groups is 2. The summed E-state index contributed by atoms with van der Waals surface area (Å²) < 4.78 is 33.8. The number of nitrogens with one attached hydrogen (secondary N) is 2. The van der Waals surface area contributed by atoms with Gasteiger partial charge in [-0.2, -0.15) is 4.31 Å². The zero-order chi connectivity index (χ0) is 26.8. The quantitative estimate of drug-likeness (QED) is 0.540. The monoisotopic (exact) mass is 525 g/mol. The standard InChI is InChI=1S/C28H35N3O5S/c1-5-25(32)30-26-16-21-14-15-31(18-24(21)36-26)37(34,35)23-12-8-20(9-13-23)27(33)29-17-19-6-10-22(11-7-19)28(2,3)4/h5-13,21,24,26H,1,14-18H2,2-4H3,(H,29,33)(H,30,32). The Kier molecular flexibility index (Phi) is 7.87. The second-order valence-electron chi connectivity index (χ2n) is 10.7. The summed E-state index contributed by atoms with van der Waals surface area (Å²) in [7, 11) is -3.74. The zero-order valence-electron chi connectivity index (χ0n) is 21.6. The molecule has 2 aromatic rings.